The second kappa shape index (κ2) is 12.2. The quantitative estimate of drug-likeness (QED) is 0.216. The van der Waals surface area contributed by atoms with Gasteiger partial charge < -0.3 is 0 Å². The van der Waals surface area contributed by atoms with E-state index in [9.17, 15) is 0 Å². The molecule has 3 unspecified atom stereocenters. The van der Waals surface area contributed by atoms with Gasteiger partial charge in [0.05, 0.1) is 0 Å². The highest BCUT2D eigenvalue weighted by Crippen LogP contribution is 2.36. The highest BCUT2D eigenvalue weighted by Gasteiger charge is 2.25. The molecule has 0 heterocycles. The van der Waals surface area contributed by atoms with E-state index in [0.29, 0.717) is 10.8 Å². The van der Waals surface area contributed by atoms with Crippen LogP contribution in [0, 0.1) is 28.6 Å². The Balaban J connectivity index is 3.95. The second-order valence-corrected chi connectivity index (χ2v) is 10.3. The molecule has 25 heavy (non-hydrogen) atoms. The predicted molar refractivity (Wildman–Crippen MR) is 117 cm³/mol. The molecule has 0 bridgehead atoms. The lowest BCUT2D eigenvalue weighted by Gasteiger charge is -2.33. The third kappa shape index (κ3) is 11.9. The van der Waals surface area contributed by atoms with Crippen molar-refractivity contribution in [1.82, 2.24) is 0 Å². The molecule has 0 aliphatic rings. The van der Waals surface area contributed by atoms with Crippen molar-refractivity contribution < 1.29 is 0 Å². The van der Waals surface area contributed by atoms with Crippen LogP contribution in [-0.2, 0) is 0 Å². The van der Waals surface area contributed by atoms with Gasteiger partial charge in [-0.25, -0.2) is 0 Å². The third-order valence-electron chi connectivity index (χ3n) is 6.73. The zero-order valence-corrected chi connectivity index (χ0v) is 19.3. The van der Waals surface area contributed by atoms with Crippen LogP contribution in [0.4, 0.5) is 0 Å². The van der Waals surface area contributed by atoms with Gasteiger partial charge in [-0.15, -0.1) is 0 Å². The van der Waals surface area contributed by atoms with Crippen molar-refractivity contribution in [2.75, 3.05) is 0 Å². The highest BCUT2D eigenvalue weighted by atomic mass is 14.3. The zero-order chi connectivity index (χ0) is 19.5. The third-order valence-corrected chi connectivity index (χ3v) is 6.73. The largest absolute Gasteiger partial charge is 0.0852 e. The average molecular weight is 351 g/mol. The lowest BCUT2D eigenvalue weighted by molar-refractivity contribution is 0.182. The Hall–Kier alpha value is -0.260. The second-order valence-electron chi connectivity index (χ2n) is 10.3. The van der Waals surface area contributed by atoms with Crippen molar-refractivity contribution in [3.8, 4) is 0 Å². The molecule has 0 saturated carbocycles. The fraction of sp³-hybridized carbons (Fsp3) is 0.920. The van der Waals surface area contributed by atoms with Crippen molar-refractivity contribution in [2.24, 2.45) is 28.6 Å². The summed E-state index contributed by atoms with van der Waals surface area (Å²) in [6.07, 6.45) is 17.1. The molecule has 0 aromatic rings. The van der Waals surface area contributed by atoms with Gasteiger partial charge in [0.25, 0.3) is 0 Å². The summed E-state index contributed by atoms with van der Waals surface area (Å²) in [6, 6.07) is 0. The molecule has 0 spiro atoms. The molecule has 0 aromatic carbocycles. The van der Waals surface area contributed by atoms with Crippen LogP contribution < -0.4 is 0 Å². The Kier molecular flexibility index (Phi) is 12.1. The zero-order valence-electron chi connectivity index (χ0n) is 19.3. The summed E-state index contributed by atoms with van der Waals surface area (Å²) in [5, 5.41) is 0. The minimum atomic E-state index is 0.366. The van der Waals surface area contributed by atoms with E-state index in [1.54, 1.807) is 0 Å². The molecule has 0 fully saturated rings. The van der Waals surface area contributed by atoms with Gasteiger partial charge >= 0.3 is 0 Å². The van der Waals surface area contributed by atoms with Crippen LogP contribution in [0.1, 0.15) is 120 Å². The van der Waals surface area contributed by atoms with E-state index < -0.39 is 0 Å². The minimum absolute atomic E-state index is 0.366. The van der Waals surface area contributed by atoms with Gasteiger partial charge in [-0.05, 0) is 47.8 Å². The van der Waals surface area contributed by atoms with Crippen LogP contribution in [-0.4, -0.2) is 0 Å². The molecule has 3 atom stereocenters. The van der Waals surface area contributed by atoms with Gasteiger partial charge in [0.1, 0.15) is 0 Å². The number of allylic oxidation sites excluding steroid dienone is 2. The molecule has 0 aromatic heterocycles. The number of unbranched alkanes of at least 4 members (excludes halogenated alkanes) is 1. The van der Waals surface area contributed by atoms with E-state index in [4.69, 9.17) is 0 Å². The summed E-state index contributed by atoms with van der Waals surface area (Å²) in [4.78, 5) is 0. The van der Waals surface area contributed by atoms with Crippen molar-refractivity contribution in [3.63, 3.8) is 0 Å². The maximum absolute atomic E-state index is 2.48. The van der Waals surface area contributed by atoms with Gasteiger partial charge in [-0.1, -0.05) is 113 Å². The first kappa shape index (κ1) is 24.7. The molecule has 0 heteroatoms. The fourth-order valence-corrected chi connectivity index (χ4v) is 3.43. The Morgan fingerprint density at radius 2 is 1.40 bits per heavy atom. The Morgan fingerprint density at radius 1 is 0.800 bits per heavy atom. The molecular weight excluding hydrogens is 300 g/mol. The summed E-state index contributed by atoms with van der Waals surface area (Å²) in [6.45, 7) is 21.5. The van der Waals surface area contributed by atoms with Crippen molar-refractivity contribution in [2.45, 2.75) is 120 Å². The Labute approximate surface area is 161 Å². The lowest BCUT2D eigenvalue weighted by atomic mass is 9.73. The number of rotatable bonds is 14. The number of hydrogen-bond donors (Lipinski definition) is 0. The Morgan fingerprint density at radius 3 is 1.96 bits per heavy atom. The predicted octanol–water partition coefficient (Wildman–Crippen LogP) is 9.05. The molecule has 0 radical (unpaired) electrons. The average Bonchev–Trinajstić information content (AvgIpc) is 2.55. The van der Waals surface area contributed by atoms with Crippen LogP contribution in [0.25, 0.3) is 0 Å². The lowest BCUT2D eigenvalue weighted by Crippen LogP contribution is -2.22. The molecule has 0 amide bonds. The van der Waals surface area contributed by atoms with Gasteiger partial charge in [0.2, 0.25) is 0 Å². The molecule has 0 aliphatic heterocycles. The maximum atomic E-state index is 2.48. The summed E-state index contributed by atoms with van der Waals surface area (Å²) in [5.74, 6) is 2.47. The standard InChI is InChI=1S/C25H50/c1-10-14-23(5)25(8,9)20-18-22(4)16-13-12-15-21(3)17-19-24(6,7)11-2/h17,19,21-23H,10-16,18,20H2,1-9H3. The van der Waals surface area contributed by atoms with Crippen LogP contribution >= 0.6 is 0 Å². The fourth-order valence-electron chi connectivity index (χ4n) is 3.43. The SMILES string of the molecule is CCCC(C)C(C)(C)CCC(C)CCCCC(C)C=CC(C)(C)CC. The summed E-state index contributed by atoms with van der Waals surface area (Å²) >= 11 is 0. The molecule has 0 saturated heterocycles. The summed E-state index contributed by atoms with van der Waals surface area (Å²) in [5.41, 5.74) is 0.875. The van der Waals surface area contributed by atoms with Gasteiger partial charge in [-0.2, -0.15) is 0 Å². The van der Waals surface area contributed by atoms with Crippen molar-refractivity contribution in [1.29, 1.82) is 0 Å². The van der Waals surface area contributed by atoms with Crippen LogP contribution in [0.3, 0.4) is 0 Å². The molecular formula is C25H50. The molecule has 0 aliphatic carbocycles. The summed E-state index contributed by atoms with van der Waals surface area (Å²) < 4.78 is 0. The first-order chi connectivity index (χ1) is 11.5. The van der Waals surface area contributed by atoms with Crippen molar-refractivity contribution in [3.05, 3.63) is 12.2 Å². The van der Waals surface area contributed by atoms with Crippen molar-refractivity contribution >= 4 is 0 Å². The van der Waals surface area contributed by atoms with E-state index in [-0.39, 0.29) is 0 Å². The summed E-state index contributed by atoms with van der Waals surface area (Å²) in [7, 11) is 0. The van der Waals surface area contributed by atoms with E-state index >= 15 is 0 Å². The highest BCUT2D eigenvalue weighted by molar-refractivity contribution is 4.96. The maximum Gasteiger partial charge on any atom is -0.0177 e. The minimum Gasteiger partial charge on any atom is -0.0852 e. The number of hydrogen-bond acceptors (Lipinski definition) is 0. The van der Waals surface area contributed by atoms with Crippen LogP contribution in [0.5, 0.6) is 0 Å². The van der Waals surface area contributed by atoms with Crippen LogP contribution in [0.2, 0.25) is 0 Å². The monoisotopic (exact) mass is 350 g/mol. The van der Waals surface area contributed by atoms with E-state index in [2.05, 4.69) is 74.5 Å². The van der Waals surface area contributed by atoms with Gasteiger partial charge in [-0.3, -0.25) is 0 Å². The first-order valence-electron chi connectivity index (χ1n) is 11.2. The van der Waals surface area contributed by atoms with E-state index in [1.165, 1.54) is 57.8 Å². The van der Waals surface area contributed by atoms with Crippen LogP contribution in [0.15, 0.2) is 12.2 Å². The van der Waals surface area contributed by atoms with Gasteiger partial charge in [0.15, 0.2) is 0 Å². The Bertz CT molecular complexity index is 347. The molecule has 0 rings (SSSR count). The van der Waals surface area contributed by atoms with E-state index in [0.717, 1.165) is 17.8 Å². The molecule has 0 nitrogen and oxygen atoms in total. The normalized spacial score (nSPS) is 17.0. The molecule has 150 valence electrons. The van der Waals surface area contributed by atoms with E-state index in [1.807, 2.05) is 0 Å². The smallest absolute Gasteiger partial charge is 0.0177 e. The molecule has 0 N–H and O–H groups in total. The van der Waals surface area contributed by atoms with Gasteiger partial charge in [0, 0.05) is 0 Å². The topological polar surface area (TPSA) is 0 Å². The first-order valence-corrected chi connectivity index (χ1v) is 11.2.